The second-order valence-electron chi connectivity index (χ2n) is 1.98. The Labute approximate surface area is 76.7 Å². The highest BCUT2D eigenvalue weighted by Crippen LogP contribution is 1.95. The first kappa shape index (κ1) is 11.4. The second kappa shape index (κ2) is 5.93. The molecule has 0 aromatic rings. The molecule has 2 amide bonds. The van der Waals surface area contributed by atoms with Crippen molar-refractivity contribution in [1.82, 2.24) is 5.06 Å². The summed E-state index contributed by atoms with van der Waals surface area (Å²) >= 11 is 0. The van der Waals surface area contributed by atoms with E-state index in [9.17, 15) is 9.59 Å². The molecule has 0 heterocycles. The molecule has 0 fully saturated rings. The van der Waals surface area contributed by atoms with Crippen LogP contribution in [0.5, 0.6) is 0 Å². The topological polar surface area (TPSA) is 59.0 Å². The van der Waals surface area contributed by atoms with E-state index < -0.39 is 12.0 Å². The van der Waals surface area contributed by atoms with E-state index in [1.807, 2.05) is 0 Å². The Morgan fingerprint density at radius 3 is 2.62 bits per heavy atom. The second-order valence-corrected chi connectivity index (χ2v) is 1.98. The Kier molecular flexibility index (Phi) is 5.18. The summed E-state index contributed by atoms with van der Waals surface area (Å²) in [4.78, 5) is 29.8. The van der Waals surface area contributed by atoms with Crippen LogP contribution in [-0.2, 0) is 9.63 Å². The first-order valence-corrected chi connectivity index (χ1v) is 3.80. The van der Waals surface area contributed by atoms with E-state index in [-0.39, 0.29) is 6.54 Å². The molecule has 0 spiro atoms. The summed E-state index contributed by atoms with van der Waals surface area (Å²) in [5, 5.41) is 0.851. The first-order valence-electron chi connectivity index (χ1n) is 3.80. The quantitative estimate of drug-likeness (QED) is 0.367. The van der Waals surface area contributed by atoms with Crippen LogP contribution in [0.4, 0.5) is 4.79 Å². The van der Waals surface area contributed by atoms with Crippen molar-refractivity contribution >= 4 is 18.2 Å². The van der Waals surface area contributed by atoms with Crippen molar-refractivity contribution < 1.29 is 14.4 Å². The number of aliphatic imine (C=N–C) groups is 1. The lowest BCUT2D eigenvalue weighted by molar-refractivity contribution is -0.168. The third-order valence-electron chi connectivity index (χ3n) is 1.11. The average Bonchev–Trinajstić information content (AvgIpc) is 2.14. The number of amides is 2. The van der Waals surface area contributed by atoms with Crippen molar-refractivity contribution in [1.29, 1.82) is 0 Å². The molecule has 0 aromatic heterocycles. The van der Waals surface area contributed by atoms with Gasteiger partial charge in [-0.15, -0.1) is 0 Å². The maximum Gasteiger partial charge on any atom is 0.376 e. The normalized spacial score (nSPS) is 9.69. The van der Waals surface area contributed by atoms with Gasteiger partial charge >= 0.3 is 12.0 Å². The lowest BCUT2D eigenvalue weighted by atomic mass is 10.6. The van der Waals surface area contributed by atoms with E-state index in [2.05, 4.69) is 16.4 Å². The van der Waals surface area contributed by atoms with Gasteiger partial charge in [-0.2, -0.15) is 5.06 Å². The Balaban J connectivity index is 4.25. The zero-order valence-electron chi connectivity index (χ0n) is 7.69. The minimum atomic E-state index is -0.679. The molecule has 72 valence electrons. The monoisotopic (exact) mass is 184 g/mol. The SMILES string of the molecule is C=CC(=O)ON(CC)C(=O)N=CC. The molecule has 5 nitrogen and oxygen atoms in total. The van der Waals surface area contributed by atoms with Crippen molar-refractivity contribution in [2.24, 2.45) is 4.99 Å². The summed E-state index contributed by atoms with van der Waals surface area (Å²) in [6, 6.07) is -0.611. The van der Waals surface area contributed by atoms with Gasteiger partial charge in [0.2, 0.25) is 0 Å². The minimum Gasteiger partial charge on any atom is -0.332 e. The largest absolute Gasteiger partial charge is 0.376 e. The number of hydroxylamine groups is 2. The summed E-state index contributed by atoms with van der Waals surface area (Å²) in [7, 11) is 0. The van der Waals surface area contributed by atoms with E-state index in [0.717, 1.165) is 11.1 Å². The van der Waals surface area contributed by atoms with Crippen molar-refractivity contribution in [3.05, 3.63) is 12.7 Å². The smallest absolute Gasteiger partial charge is 0.332 e. The van der Waals surface area contributed by atoms with Crippen molar-refractivity contribution in [3.63, 3.8) is 0 Å². The van der Waals surface area contributed by atoms with Gasteiger partial charge < -0.3 is 4.84 Å². The van der Waals surface area contributed by atoms with E-state index in [4.69, 9.17) is 0 Å². The van der Waals surface area contributed by atoms with E-state index >= 15 is 0 Å². The number of hydrogen-bond acceptors (Lipinski definition) is 3. The van der Waals surface area contributed by atoms with Gasteiger partial charge in [-0.25, -0.2) is 14.6 Å². The Hall–Kier alpha value is -1.65. The van der Waals surface area contributed by atoms with E-state index in [1.165, 1.54) is 6.21 Å². The number of rotatable bonds is 2. The standard InChI is InChI=1S/C8H12N2O3/c1-4-7(11)13-10(6-3)8(12)9-5-2/h4-5H,1,6H2,2-3H3. The van der Waals surface area contributed by atoms with Gasteiger partial charge in [0.15, 0.2) is 0 Å². The summed E-state index contributed by atoms with van der Waals surface area (Å²) in [6.45, 7) is 6.71. The fraction of sp³-hybridized carbons (Fsp3) is 0.375. The van der Waals surface area contributed by atoms with Crippen LogP contribution in [0.1, 0.15) is 13.8 Å². The predicted octanol–water partition coefficient (Wildman–Crippen LogP) is 1.16. The highest BCUT2D eigenvalue weighted by atomic mass is 16.7. The Morgan fingerprint density at radius 1 is 1.62 bits per heavy atom. The summed E-state index contributed by atoms with van der Waals surface area (Å²) < 4.78 is 0. The lowest BCUT2D eigenvalue weighted by Crippen LogP contribution is -2.30. The van der Waals surface area contributed by atoms with Gasteiger partial charge in [0.25, 0.3) is 0 Å². The number of urea groups is 1. The highest BCUT2D eigenvalue weighted by Gasteiger charge is 2.13. The van der Waals surface area contributed by atoms with Gasteiger partial charge in [0.1, 0.15) is 0 Å². The maximum atomic E-state index is 11.0. The molecule has 5 heteroatoms. The molecule has 0 rings (SSSR count). The molecule has 0 aliphatic carbocycles. The average molecular weight is 184 g/mol. The molecular weight excluding hydrogens is 172 g/mol. The van der Waals surface area contributed by atoms with Crippen LogP contribution in [0.15, 0.2) is 17.6 Å². The molecule has 0 aromatic carbocycles. The van der Waals surface area contributed by atoms with Crippen LogP contribution >= 0.6 is 0 Å². The fourth-order valence-corrected chi connectivity index (χ4v) is 0.560. The third kappa shape index (κ3) is 4.05. The molecular formula is C8H12N2O3. The van der Waals surface area contributed by atoms with Crippen molar-refractivity contribution in [2.75, 3.05) is 6.54 Å². The molecule has 0 atom stereocenters. The van der Waals surface area contributed by atoms with Gasteiger partial charge in [-0.3, -0.25) is 0 Å². The molecule has 0 saturated heterocycles. The highest BCUT2D eigenvalue weighted by molar-refractivity contribution is 5.85. The van der Waals surface area contributed by atoms with Crippen LogP contribution in [-0.4, -0.2) is 29.8 Å². The summed E-state index contributed by atoms with van der Waals surface area (Å²) in [5.41, 5.74) is 0. The van der Waals surface area contributed by atoms with E-state index in [0.29, 0.717) is 0 Å². The molecule has 0 radical (unpaired) electrons. The minimum absolute atomic E-state index is 0.246. The maximum absolute atomic E-state index is 11.0. The van der Waals surface area contributed by atoms with Crippen LogP contribution < -0.4 is 0 Å². The Morgan fingerprint density at radius 2 is 2.23 bits per heavy atom. The van der Waals surface area contributed by atoms with Gasteiger partial charge in [-0.05, 0) is 13.8 Å². The number of hydrogen-bond donors (Lipinski definition) is 0. The van der Waals surface area contributed by atoms with Gasteiger partial charge in [0, 0.05) is 12.3 Å². The van der Waals surface area contributed by atoms with Crippen LogP contribution in [0.2, 0.25) is 0 Å². The lowest BCUT2D eigenvalue weighted by Gasteiger charge is -2.15. The number of carbonyl (C=O) groups is 2. The van der Waals surface area contributed by atoms with Crippen LogP contribution in [0.25, 0.3) is 0 Å². The van der Waals surface area contributed by atoms with Gasteiger partial charge in [-0.1, -0.05) is 6.58 Å². The van der Waals surface area contributed by atoms with Crippen LogP contribution in [0, 0.1) is 0 Å². The third-order valence-corrected chi connectivity index (χ3v) is 1.11. The molecule has 0 aliphatic rings. The van der Waals surface area contributed by atoms with Crippen molar-refractivity contribution in [3.8, 4) is 0 Å². The molecule has 0 aliphatic heterocycles. The predicted molar refractivity (Wildman–Crippen MR) is 48.2 cm³/mol. The Bertz CT molecular complexity index is 236. The molecule has 0 bridgehead atoms. The summed E-state index contributed by atoms with van der Waals surface area (Å²) in [6.07, 6.45) is 2.30. The molecule has 13 heavy (non-hydrogen) atoms. The number of carbonyl (C=O) groups excluding carboxylic acids is 2. The van der Waals surface area contributed by atoms with E-state index in [1.54, 1.807) is 13.8 Å². The zero-order chi connectivity index (χ0) is 10.3. The molecule has 0 saturated carbocycles. The zero-order valence-corrected chi connectivity index (χ0v) is 7.69. The number of nitrogens with zero attached hydrogens (tertiary/aromatic N) is 2. The van der Waals surface area contributed by atoms with Crippen molar-refractivity contribution in [2.45, 2.75) is 13.8 Å². The summed E-state index contributed by atoms with van der Waals surface area (Å²) in [5.74, 6) is -0.679. The molecule has 0 unspecified atom stereocenters. The first-order chi connectivity index (χ1) is 6.15. The van der Waals surface area contributed by atoms with Gasteiger partial charge in [0.05, 0.1) is 6.54 Å². The fourth-order valence-electron chi connectivity index (χ4n) is 0.560. The molecule has 0 N–H and O–H groups in total. The van der Waals surface area contributed by atoms with Crippen LogP contribution in [0.3, 0.4) is 0 Å².